The van der Waals surface area contributed by atoms with E-state index in [0.29, 0.717) is 18.1 Å². The number of nitrogens with zero attached hydrogens (tertiary/aromatic N) is 2. The van der Waals surface area contributed by atoms with Crippen molar-refractivity contribution in [2.45, 2.75) is 33.4 Å². The van der Waals surface area contributed by atoms with Crippen molar-refractivity contribution >= 4 is 17.0 Å². The molecule has 0 saturated carbocycles. The predicted octanol–water partition coefficient (Wildman–Crippen LogP) is 3.26. The first-order valence-electron chi connectivity index (χ1n) is 8.76. The fraction of sp³-hybridized carbons (Fsp3) is 0.300. The summed E-state index contributed by atoms with van der Waals surface area (Å²) in [5, 5.41) is 0. The first-order valence-corrected chi connectivity index (χ1v) is 9.57. The maximum Gasteiger partial charge on any atom is 0.254 e. The number of aromatic amines is 1. The summed E-state index contributed by atoms with van der Waals surface area (Å²) in [7, 11) is 0. The molecule has 4 rings (SSSR count). The van der Waals surface area contributed by atoms with Gasteiger partial charge in [-0.2, -0.15) is 0 Å². The summed E-state index contributed by atoms with van der Waals surface area (Å²) in [5.41, 5.74) is 10.4. The number of nitrogen functional groups attached to an aromatic ring is 1. The molecule has 3 aromatic rings. The van der Waals surface area contributed by atoms with Crippen molar-refractivity contribution in [3.8, 4) is 11.4 Å². The van der Waals surface area contributed by atoms with Crippen molar-refractivity contribution in [2.24, 2.45) is 0 Å². The molecule has 134 valence electrons. The van der Waals surface area contributed by atoms with Gasteiger partial charge in [-0.25, -0.2) is 4.98 Å². The van der Waals surface area contributed by atoms with E-state index in [1.165, 1.54) is 15.3 Å². The number of fused-ring (bicyclic) bond motifs is 1. The molecule has 6 heteroatoms. The number of aromatic nitrogens is 2. The van der Waals surface area contributed by atoms with E-state index < -0.39 is 0 Å². The van der Waals surface area contributed by atoms with Crippen LogP contribution < -0.4 is 11.3 Å². The Morgan fingerprint density at radius 2 is 2.04 bits per heavy atom. The number of rotatable bonds is 3. The van der Waals surface area contributed by atoms with Crippen molar-refractivity contribution in [1.29, 1.82) is 0 Å². The normalized spacial score (nSPS) is 14.4. The molecule has 0 saturated heterocycles. The van der Waals surface area contributed by atoms with Gasteiger partial charge in [0.25, 0.3) is 5.56 Å². The van der Waals surface area contributed by atoms with E-state index in [-0.39, 0.29) is 5.56 Å². The van der Waals surface area contributed by atoms with Gasteiger partial charge in [-0.15, -0.1) is 11.3 Å². The van der Waals surface area contributed by atoms with Crippen LogP contribution in [0.4, 0.5) is 5.69 Å². The number of nitrogens with one attached hydrogen (secondary N) is 1. The number of benzene rings is 1. The van der Waals surface area contributed by atoms with Crippen LogP contribution in [0, 0.1) is 13.8 Å². The highest BCUT2D eigenvalue weighted by molar-refractivity contribution is 7.12. The first kappa shape index (κ1) is 17.0. The summed E-state index contributed by atoms with van der Waals surface area (Å²) in [6.45, 7) is 6.81. The average Bonchev–Trinajstić information content (AvgIpc) is 2.92. The van der Waals surface area contributed by atoms with Gasteiger partial charge in [-0.3, -0.25) is 9.69 Å². The second-order valence-electron chi connectivity index (χ2n) is 6.87. The minimum absolute atomic E-state index is 0.0238. The Labute approximate surface area is 156 Å². The third-order valence-electron chi connectivity index (χ3n) is 4.93. The zero-order valence-electron chi connectivity index (χ0n) is 15.0. The lowest BCUT2D eigenvalue weighted by atomic mass is 10.1. The lowest BCUT2D eigenvalue weighted by Crippen LogP contribution is -2.34. The summed E-state index contributed by atoms with van der Waals surface area (Å²) in [5.74, 6) is 0.610. The van der Waals surface area contributed by atoms with Gasteiger partial charge in [0, 0.05) is 46.2 Å². The molecule has 0 aliphatic carbocycles. The van der Waals surface area contributed by atoms with Gasteiger partial charge in [-0.05, 0) is 56.2 Å². The van der Waals surface area contributed by atoms with E-state index >= 15 is 0 Å². The minimum Gasteiger partial charge on any atom is -0.399 e. The summed E-state index contributed by atoms with van der Waals surface area (Å²) in [6.07, 6.45) is 0.739. The molecule has 0 fully saturated rings. The first-order chi connectivity index (χ1) is 12.5. The third-order valence-corrected chi connectivity index (χ3v) is 6.07. The lowest BCUT2D eigenvalue weighted by molar-refractivity contribution is 0.242. The van der Waals surface area contributed by atoms with Gasteiger partial charge in [-0.1, -0.05) is 0 Å². The number of aryl methyl sites for hydroxylation is 2. The molecule has 0 atom stereocenters. The van der Waals surface area contributed by atoms with E-state index in [4.69, 9.17) is 10.7 Å². The lowest BCUT2D eigenvalue weighted by Gasteiger charge is -2.27. The summed E-state index contributed by atoms with van der Waals surface area (Å²) < 4.78 is 0. The Hall–Kier alpha value is -2.44. The SMILES string of the molecule is Cc1cc(CN2CCc3c(nc(-c4ccc(N)cc4)[nH]c3=O)C2)sc1C. The van der Waals surface area contributed by atoms with Gasteiger partial charge >= 0.3 is 0 Å². The van der Waals surface area contributed by atoms with Crippen molar-refractivity contribution in [2.75, 3.05) is 12.3 Å². The molecule has 1 aromatic carbocycles. The van der Waals surface area contributed by atoms with Crippen LogP contribution in [0.1, 0.15) is 26.6 Å². The third kappa shape index (κ3) is 3.30. The molecule has 1 aliphatic heterocycles. The Balaban J connectivity index is 1.61. The number of hydrogen-bond acceptors (Lipinski definition) is 5. The van der Waals surface area contributed by atoms with E-state index in [9.17, 15) is 4.79 Å². The van der Waals surface area contributed by atoms with Gasteiger partial charge in [0.2, 0.25) is 0 Å². The minimum atomic E-state index is -0.0238. The summed E-state index contributed by atoms with van der Waals surface area (Å²) in [6, 6.07) is 9.68. The molecule has 0 radical (unpaired) electrons. The molecule has 0 amide bonds. The van der Waals surface area contributed by atoms with Crippen LogP contribution in [0.5, 0.6) is 0 Å². The van der Waals surface area contributed by atoms with Crippen molar-refractivity contribution in [1.82, 2.24) is 14.9 Å². The second-order valence-corrected chi connectivity index (χ2v) is 8.22. The Morgan fingerprint density at radius 1 is 1.27 bits per heavy atom. The van der Waals surface area contributed by atoms with Gasteiger partial charge < -0.3 is 10.7 Å². The molecule has 26 heavy (non-hydrogen) atoms. The molecule has 3 heterocycles. The smallest absolute Gasteiger partial charge is 0.254 e. The molecule has 2 aromatic heterocycles. The van der Waals surface area contributed by atoms with Crippen LogP contribution in [0.2, 0.25) is 0 Å². The zero-order chi connectivity index (χ0) is 18.3. The Kier molecular flexibility index (Phi) is 4.38. The molecule has 1 aliphatic rings. The van der Waals surface area contributed by atoms with E-state index in [1.54, 1.807) is 0 Å². The van der Waals surface area contributed by atoms with Crippen LogP contribution in [0.3, 0.4) is 0 Å². The number of thiophene rings is 1. The molecule has 3 N–H and O–H groups in total. The fourth-order valence-electron chi connectivity index (χ4n) is 3.35. The molecule has 5 nitrogen and oxygen atoms in total. The standard InChI is InChI=1S/C20H22N4OS/c1-12-9-16(26-13(12)2)10-24-8-7-17-18(11-24)22-19(23-20(17)25)14-3-5-15(21)6-4-14/h3-6,9H,7-8,10-11,21H2,1-2H3,(H,22,23,25). The van der Waals surface area contributed by atoms with E-state index in [1.807, 2.05) is 35.6 Å². The predicted molar refractivity (Wildman–Crippen MR) is 106 cm³/mol. The highest BCUT2D eigenvalue weighted by Crippen LogP contribution is 2.25. The van der Waals surface area contributed by atoms with Crippen LogP contribution in [0.25, 0.3) is 11.4 Å². The van der Waals surface area contributed by atoms with Crippen molar-refractivity contribution < 1.29 is 0 Å². The monoisotopic (exact) mass is 366 g/mol. The maximum absolute atomic E-state index is 12.5. The molecule has 0 bridgehead atoms. The summed E-state index contributed by atoms with van der Waals surface area (Å²) in [4.78, 5) is 25.3. The largest absolute Gasteiger partial charge is 0.399 e. The molecular formula is C20H22N4OS. The average molecular weight is 366 g/mol. The molecule has 0 spiro atoms. The highest BCUT2D eigenvalue weighted by Gasteiger charge is 2.22. The van der Waals surface area contributed by atoms with Crippen LogP contribution in [0.15, 0.2) is 35.1 Å². The van der Waals surface area contributed by atoms with E-state index in [0.717, 1.165) is 36.3 Å². The topological polar surface area (TPSA) is 75.0 Å². The second kappa shape index (κ2) is 6.70. The van der Waals surface area contributed by atoms with Crippen LogP contribution >= 0.6 is 11.3 Å². The molecule has 0 unspecified atom stereocenters. The maximum atomic E-state index is 12.5. The number of anilines is 1. The highest BCUT2D eigenvalue weighted by atomic mass is 32.1. The number of H-pyrrole nitrogens is 1. The van der Waals surface area contributed by atoms with Gasteiger partial charge in [0.1, 0.15) is 5.82 Å². The summed E-state index contributed by atoms with van der Waals surface area (Å²) >= 11 is 1.85. The van der Waals surface area contributed by atoms with Crippen molar-refractivity contribution in [3.63, 3.8) is 0 Å². The van der Waals surface area contributed by atoms with Gasteiger partial charge in [0.15, 0.2) is 0 Å². The van der Waals surface area contributed by atoms with Gasteiger partial charge in [0.05, 0.1) is 5.69 Å². The Bertz CT molecular complexity index is 984. The molecular weight excluding hydrogens is 344 g/mol. The zero-order valence-corrected chi connectivity index (χ0v) is 15.8. The van der Waals surface area contributed by atoms with Crippen LogP contribution in [-0.2, 0) is 19.5 Å². The number of hydrogen-bond donors (Lipinski definition) is 2. The van der Waals surface area contributed by atoms with Crippen LogP contribution in [-0.4, -0.2) is 21.4 Å². The Morgan fingerprint density at radius 3 is 2.73 bits per heavy atom. The quantitative estimate of drug-likeness (QED) is 0.698. The number of nitrogens with two attached hydrogens (primary N) is 1. The fourth-order valence-corrected chi connectivity index (χ4v) is 4.45. The van der Waals surface area contributed by atoms with Crippen molar-refractivity contribution in [3.05, 3.63) is 67.3 Å². The van der Waals surface area contributed by atoms with E-state index in [2.05, 4.69) is 29.8 Å².